The van der Waals surface area contributed by atoms with E-state index in [2.05, 4.69) is 40.2 Å². The molecule has 0 aromatic heterocycles. The number of nitrogens with one attached hydrogen (secondary N) is 3. The van der Waals surface area contributed by atoms with E-state index in [-0.39, 0.29) is 35.6 Å². The Labute approximate surface area is 230 Å². The van der Waals surface area contributed by atoms with Crippen LogP contribution in [0.4, 0.5) is 4.39 Å². The normalized spacial score (nSPS) is 17.9. The van der Waals surface area contributed by atoms with E-state index in [4.69, 9.17) is 0 Å². The number of halogens is 1. The molecular weight excluding hydrogens is 491 g/mol. The van der Waals surface area contributed by atoms with Gasteiger partial charge in [-0.2, -0.15) is 0 Å². The van der Waals surface area contributed by atoms with Crippen LogP contribution in [0.1, 0.15) is 35.4 Å². The maximum atomic E-state index is 13.7. The predicted molar refractivity (Wildman–Crippen MR) is 154 cm³/mol. The molecule has 3 aromatic carbocycles. The molecule has 4 rings (SSSR count). The van der Waals surface area contributed by atoms with Crippen molar-refractivity contribution in [3.8, 4) is 0 Å². The quantitative estimate of drug-likeness (QED) is 0.330. The van der Waals surface area contributed by atoms with Crippen molar-refractivity contribution in [2.45, 2.75) is 30.8 Å². The third-order valence-electron chi connectivity index (χ3n) is 7.10. The highest BCUT2D eigenvalue weighted by Gasteiger charge is 2.32. The molecule has 1 aliphatic heterocycles. The van der Waals surface area contributed by atoms with Crippen LogP contribution < -0.4 is 16.0 Å². The number of hydrogen-bond acceptors (Lipinski definition) is 4. The van der Waals surface area contributed by atoms with Crippen LogP contribution in [0, 0.1) is 5.82 Å². The van der Waals surface area contributed by atoms with Gasteiger partial charge >= 0.3 is 0 Å². The zero-order chi connectivity index (χ0) is 27.5. The molecule has 3 N–H and O–H groups in total. The van der Waals surface area contributed by atoms with Crippen molar-refractivity contribution in [1.82, 2.24) is 20.9 Å². The van der Waals surface area contributed by atoms with Gasteiger partial charge in [-0.3, -0.25) is 9.59 Å². The highest BCUT2D eigenvalue weighted by atomic mass is 19.1. The van der Waals surface area contributed by atoms with Gasteiger partial charge in [0.25, 0.3) is 0 Å². The van der Waals surface area contributed by atoms with E-state index in [1.54, 1.807) is 18.2 Å². The monoisotopic (exact) mass is 528 g/mol. The summed E-state index contributed by atoms with van der Waals surface area (Å²) in [6.07, 6.45) is 4.48. The molecule has 2 amide bonds. The third kappa shape index (κ3) is 8.34. The van der Waals surface area contributed by atoms with Gasteiger partial charge in [0.15, 0.2) is 0 Å². The smallest absolute Gasteiger partial charge is 0.244 e. The minimum Gasteiger partial charge on any atom is -0.351 e. The average molecular weight is 529 g/mol. The fourth-order valence-corrected chi connectivity index (χ4v) is 4.94. The maximum Gasteiger partial charge on any atom is 0.244 e. The fourth-order valence-electron chi connectivity index (χ4n) is 4.94. The lowest BCUT2D eigenvalue weighted by Crippen LogP contribution is -2.50. The molecule has 7 heteroatoms. The zero-order valence-electron chi connectivity index (χ0n) is 22.4. The molecule has 1 heterocycles. The first kappa shape index (κ1) is 28.2. The van der Waals surface area contributed by atoms with Gasteiger partial charge in [0.1, 0.15) is 5.82 Å². The first-order valence-corrected chi connectivity index (χ1v) is 13.5. The molecule has 39 heavy (non-hydrogen) atoms. The van der Waals surface area contributed by atoms with E-state index < -0.39 is 0 Å². The molecule has 0 spiro atoms. The first-order chi connectivity index (χ1) is 19.0. The lowest BCUT2D eigenvalue weighted by atomic mass is 9.90. The van der Waals surface area contributed by atoms with Crippen molar-refractivity contribution in [2.75, 3.05) is 33.2 Å². The summed E-state index contributed by atoms with van der Waals surface area (Å²) < 4.78 is 13.1. The van der Waals surface area contributed by atoms with E-state index >= 15 is 0 Å². The van der Waals surface area contributed by atoms with Gasteiger partial charge in [-0.25, -0.2) is 4.39 Å². The Hall–Kier alpha value is -3.81. The molecular formula is C32H37FN4O2. The molecule has 0 radical (unpaired) electrons. The largest absolute Gasteiger partial charge is 0.351 e. The van der Waals surface area contributed by atoms with Gasteiger partial charge in [-0.05, 0) is 61.3 Å². The number of hydrogen-bond donors (Lipinski definition) is 3. The standard InChI is InChI=1S/C32H37FN4O2/c1-34-20-18-30-32(39)37(23-29(25-8-4-2-5-9-25)26-10-6-3-7-11-26)21-19-28(36-30)22-35-31(38)17-14-24-12-15-27(33)16-13-24/h2-17,28-30,34,36H,18-23H2,1H3,(H,35,38)/b17-14+. The second-order valence-electron chi connectivity index (χ2n) is 9.89. The van der Waals surface area contributed by atoms with Gasteiger partial charge in [0.2, 0.25) is 11.8 Å². The summed E-state index contributed by atoms with van der Waals surface area (Å²) in [6, 6.07) is 26.2. The van der Waals surface area contributed by atoms with Crippen LogP contribution in [0.25, 0.3) is 6.08 Å². The summed E-state index contributed by atoms with van der Waals surface area (Å²) in [6.45, 7) is 2.30. The number of carbonyl (C=O) groups excluding carboxylic acids is 2. The van der Waals surface area contributed by atoms with E-state index in [1.807, 2.05) is 48.3 Å². The first-order valence-electron chi connectivity index (χ1n) is 13.5. The number of amides is 2. The number of carbonyl (C=O) groups is 2. The lowest BCUT2D eigenvalue weighted by molar-refractivity contribution is -0.133. The van der Waals surface area contributed by atoms with Crippen molar-refractivity contribution >= 4 is 17.9 Å². The second kappa shape index (κ2) is 14.4. The van der Waals surface area contributed by atoms with Gasteiger partial charge < -0.3 is 20.9 Å². The Kier molecular flexibility index (Phi) is 10.4. The number of nitrogens with zero attached hydrogens (tertiary/aromatic N) is 1. The maximum absolute atomic E-state index is 13.7. The molecule has 204 valence electrons. The summed E-state index contributed by atoms with van der Waals surface area (Å²) in [5, 5.41) is 9.61. The molecule has 1 fully saturated rings. The van der Waals surface area contributed by atoms with Crippen molar-refractivity contribution in [3.63, 3.8) is 0 Å². The minimum atomic E-state index is -0.344. The molecule has 3 aromatic rings. The van der Waals surface area contributed by atoms with E-state index in [0.717, 1.165) is 12.0 Å². The lowest BCUT2D eigenvalue weighted by Gasteiger charge is -2.29. The van der Waals surface area contributed by atoms with Crippen LogP contribution in [0.5, 0.6) is 0 Å². The van der Waals surface area contributed by atoms with Crippen molar-refractivity contribution in [2.24, 2.45) is 0 Å². The Morgan fingerprint density at radius 1 is 1.03 bits per heavy atom. The van der Waals surface area contributed by atoms with Gasteiger partial charge in [-0.15, -0.1) is 0 Å². The molecule has 1 saturated heterocycles. The summed E-state index contributed by atoms with van der Waals surface area (Å²) in [7, 11) is 1.88. The average Bonchev–Trinajstić information content (AvgIpc) is 3.12. The highest BCUT2D eigenvalue weighted by Crippen LogP contribution is 2.27. The summed E-state index contributed by atoms with van der Waals surface area (Å²) >= 11 is 0. The predicted octanol–water partition coefficient (Wildman–Crippen LogP) is 3.96. The summed E-state index contributed by atoms with van der Waals surface area (Å²) in [5.74, 6) is -0.388. The third-order valence-corrected chi connectivity index (χ3v) is 7.10. The van der Waals surface area contributed by atoms with Crippen molar-refractivity contribution in [1.29, 1.82) is 0 Å². The van der Waals surface area contributed by atoms with Crippen LogP contribution in [0.2, 0.25) is 0 Å². The molecule has 0 saturated carbocycles. The van der Waals surface area contributed by atoms with Crippen LogP contribution >= 0.6 is 0 Å². The van der Waals surface area contributed by atoms with Crippen LogP contribution in [-0.4, -0.2) is 62.0 Å². The Morgan fingerprint density at radius 3 is 2.28 bits per heavy atom. The van der Waals surface area contributed by atoms with Crippen LogP contribution in [0.15, 0.2) is 91.0 Å². The molecule has 1 aliphatic rings. The van der Waals surface area contributed by atoms with Crippen molar-refractivity contribution in [3.05, 3.63) is 114 Å². The number of rotatable bonds is 11. The summed E-state index contributed by atoms with van der Waals surface area (Å²) in [4.78, 5) is 28.2. The van der Waals surface area contributed by atoms with Crippen LogP contribution in [-0.2, 0) is 9.59 Å². The van der Waals surface area contributed by atoms with Gasteiger partial charge in [0.05, 0.1) is 6.04 Å². The SMILES string of the molecule is CNCCC1NC(CNC(=O)/C=C/c2ccc(F)cc2)CCN(CC(c2ccccc2)c2ccccc2)C1=O. The molecule has 2 atom stereocenters. The number of benzene rings is 3. The molecule has 6 nitrogen and oxygen atoms in total. The topological polar surface area (TPSA) is 73.5 Å². The molecule has 0 bridgehead atoms. The minimum absolute atomic E-state index is 0.0455. The van der Waals surface area contributed by atoms with Gasteiger partial charge in [-0.1, -0.05) is 72.8 Å². The van der Waals surface area contributed by atoms with E-state index in [9.17, 15) is 14.0 Å². The highest BCUT2D eigenvalue weighted by molar-refractivity contribution is 5.91. The Bertz CT molecular complexity index is 1180. The molecule has 2 unspecified atom stereocenters. The Morgan fingerprint density at radius 2 is 1.67 bits per heavy atom. The Balaban J connectivity index is 1.44. The van der Waals surface area contributed by atoms with Crippen molar-refractivity contribution < 1.29 is 14.0 Å². The second-order valence-corrected chi connectivity index (χ2v) is 9.89. The van der Waals surface area contributed by atoms with E-state index in [1.165, 1.54) is 29.3 Å². The summed E-state index contributed by atoms with van der Waals surface area (Å²) in [5.41, 5.74) is 3.10. The van der Waals surface area contributed by atoms with E-state index in [0.29, 0.717) is 32.6 Å². The molecule has 0 aliphatic carbocycles. The van der Waals surface area contributed by atoms with Crippen LogP contribution in [0.3, 0.4) is 0 Å². The fraction of sp³-hybridized carbons (Fsp3) is 0.312. The van der Waals surface area contributed by atoms with Gasteiger partial charge in [0, 0.05) is 37.7 Å². The zero-order valence-corrected chi connectivity index (χ0v) is 22.4.